The fraction of sp³-hybridized carbons (Fsp3) is 0.240. The second kappa shape index (κ2) is 9.96. The number of carbonyl (C=O) groups excluding carboxylic acids is 2. The molecule has 0 spiro atoms. The van der Waals surface area contributed by atoms with E-state index in [1.807, 2.05) is 54.8 Å². The zero-order valence-electron chi connectivity index (χ0n) is 18.7. The maximum atomic E-state index is 12.9. The van der Waals surface area contributed by atoms with Crippen molar-refractivity contribution >= 4 is 40.2 Å². The first-order valence-electron chi connectivity index (χ1n) is 10.4. The van der Waals surface area contributed by atoms with Crippen LogP contribution in [0.3, 0.4) is 0 Å². The Hall–Kier alpha value is -3.87. The summed E-state index contributed by atoms with van der Waals surface area (Å²) in [6, 6.07) is 12.9. The van der Waals surface area contributed by atoms with Crippen molar-refractivity contribution in [3.05, 3.63) is 76.1 Å². The summed E-state index contributed by atoms with van der Waals surface area (Å²) in [5.41, 5.74) is 2.68. The molecule has 32 heavy (non-hydrogen) atoms. The highest BCUT2D eigenvalue weighted by molar-refractivity contribution is 6.03. The van der Waals surface area contributed by atoms with Crippen LogP contribution >= 0.6 is 0 Å². The minimum absolute atomic E-state index is 0.0225. The summed E-state index contributed by atoms with van der Waals surface area (Å²) in [6.07, 6.45) is 4.68. The molecular weight excluding hydrogens is 406 g/mol. The van der Waals surface area contributed by atoms with Gasteiger partial charge in [0, 0.05) is 49.7 Å². The predicted molar refractivity (Wildman–Crippen MR) is 128 cm³/mol. The molecule has 2 aromatic carbocycles. The average molecular weight is 434 g/mol. The number of hydrogen-bond donors (Lipinski definition) is 1. The summed E-state index contributed by atoms with van der Waals surface area (Å²) in [5.74, 6) is -0.974. The predicted octanol–water partition coefficient (Wildman–Crippen LogP) is 3.92. The van der Waals surface area contributed by atoms with E-state index in [0.717, 1.165) is 11.3 Å². The lowest BCUT2D eigenvalue weighted by Crippen LogP contribution is -2.21. The molecule has 0 atom stereocenters. The molecule has 0 saturated carbocycles. The van der Waals surface area contributed by atoms with Gasteiger partial charge in [-0.15, -0.1) is 0 Å². The second-order valence-corrected chi connectivity index (χ2v) is 7.42. The van der Waals surface area contributed by atoms with E-state index in [2.05, 4.69) is 5.32 Å². The zero-order valence-corrected chi connectivity index (χ0v) is 18.7. The maximum absolute atomic E-state index is 12.9. The van der Waals surface area contributed by atoms with Crippen LogP contribution in [-0.4, -0.2) is 37.1 Å². The van der Waals surface area contributed by atoms with Gasteiger partial charge in [-0.1, -0.05) is 12.1 Å². The Balaban J connectivity index is 1.85. The van der Waals surface area contributed by atoms with Crippen molar-refractivity contribution < 1.29 is 14.3 Å². The van der Waals surface area contributed by atoms with Crippen LogP contribution in [0.25, 0.3) is 17.0 Å². The third kappa shape index (κ3) is 5.06. The van der Waals surface area contributed by atoms with Gasteiger partial charge >= 0.3 is 5.97 Å². The van der Waals surface area contributed by atoms with Gasteiger partial charge in [0.2, 0.25) is 11.3 Å². The molecule has 0 unspecified atom stereocenters. The number of anilines is 2. The molecule has 0 saturated heterocycles. The number of nitrogens with zero attached hydrogens (tertiary/aromatic N) is 2. The topological polar surface area (TPSA) is 80.6 Å². The SMILES string of the molecule is CCOC(=O)c1cn(CC)c2ccc(NC(=O)/C=C/c3ccc(N(C)C)cc3)cc2c1=O. The smallest absolute Gasteiger partial charge is 0.343 e. The van der Waals surface area contributed by atoms with Gasteiger partial charge in [0.15, 0.2) is 0 Å². The quantitative estimate of drug-likeness (QED) is 0.451. The third-order valence-electron chi connectivity index (χ3n) is 5.02. The van der Waals surface area contributed by atoms with Crippen molar-refractivity contribution in [2.24, 2.45) is 0 Å². The lowest BCUT2D eigenvalue weighted by molar-refractivity contribution is -0.111. The lowest BCUT2D eigenvalue weighted by Gasteiger charge is -2.12. The Labute approximate surface area is 186 Å². The van der Waals surface area contributed by atoms with Crippen molar-refractivity contribution in [1.82, 2.24) is 4.57 Å². The highest BCUT2D eigenvalue weighted by Gasteiger charge is 2.16. The summed E-state index contributed by atoms with van der Waals surface area (Å²) in [5, 5.41) is 3.12. The van der Waals surface area contributed by atoms with Crippen molar-refractivity contribution in [1.29, 1.82) is 0 Å². The maximum Gasteiger partial charge on any atom is 0.343 e. The largest absolute Gasteiger partial charge is 0.462 e. The molecule has 0 bridgehead atoms. The van der Waals surface area contributed by atoms with Gasteiger partial charge in [0.05, 0.1) is 12.1 Å². The molecule has 166 valence electrons. The number of esters is 1. The number of aromatic nitrogens is 1. The Kier molecular flexibility index (Phi) is 7.10. The first kappa shape index (κ1) is 22.8. The van der Waals surface area contributed by atoms with Gasteiger partial charge < -0.3 is 19.5 Å². The van der Waals surface area contributed by atoms with Crippen LogP contribution in [0.15, 0.2) is 59.5 Å². The average Bonchev–Trinajstić information content (AvgIpc) is 2.78. The van der Waals surface area contributed by atoms with Gasteiger partial charge in [0.1, 0.15) is 5.56 Å². The highest BCUT2D eigenvalue weighted by atomic mass is 16.5. The van der Waals surface area contributed by atoms with Crippen LogP contribution < -0.4 is 15.6 Å². The summed E-state index contributed by atoms with van der Waals surface area (Å²) < 4.78 is 6.82. The van der Waals surface area contributed by atoms with E-state index >= 15 is 0 Å². The number of nitrogens with one attached hydrogen (secondary N) is 1. The molecule has 1 aromatic heterocycles. The monoisotopic (exact) mass is 433 g/mol. The minimum atomic E-state index is -0.653. The molecule has 3 aromatic rings. The fourth-order valence-corrected chi connectivity index (χ4v) is 3.33. The Morgan fingerprint density at radius 1 is 1.09 bits per heavy atom. The molecule has 7 heteroatoms. The van der Waals surface area contributed by atoms with Crippen LogP contribution in [-0.2, 0) is 16.1 Å². The van der Waals surface area contributed by atoms with Crippen LogP contribution in [0.4, 0.5) is 11.4 Å². The van der Waals surface area contributed by atoms with Crippen LogP contribution in [0.2, 0.25) is 0 Å². The first-order valence-corrected chi connectivity index (χ1v) is 10.4. The van der Waals surface area contributed by atoms with E-state index in [1.165, 1.54) is 12.3 Å². The molecule has 0 radical (unpaired) electrons. The number of rotatable bonds is 7. The van der Waals surface area contributed by atoms with Crippen molar-refractivity contribution in [3.63, 3.8) is 0 Å². The molecule has 1 amide bonds. The van der Waals surface area contributed by atoms with E-state index in [-0.39, 0.29) is 18.1 Å². The molecule has 0 aliphatic rings. The van der Waals surface area contributed by atoms with E-state index in [9.17, 15) is 14.4 Å². The number of ether oxygens (including phenoxy) is 1. The molecule has 1 N–H and O–H groups in total. The molecule has 0 aliphatic carbocycles. The van der Waals surface area contributed by atoms with Crippen molar-refractivity contribution in [2.75, 3.05) is 30.9 Å². The van der Waals surface area contributed by atoms with Gasteiger partial charge in [-0.25, -0.2) is 4.79 Å². The number of benzene rings is 2. The summed E-state index contributed by atoms with van der Waals surface area (Å²) in [7, 11) is 3.93. The molecule has 0 aliphatic heterocycles. The molecule has 0 fully saturated rings. The van der Waals surface area contributed by atoms with Crippen LogP contribution in [0, 0.1) is 0 Å². The van der Waals surface area contributed by atoms with Gasteiger partial charge in [-0.05, 0) is 55.8 Å². The van der Waals surface area contributed by atoms with Crippen molar-refractivity contribution in [2.45, 2.75) is 20.4 Å². The normalized spacial score (nSPS) is 11.0. The minimum Gasteiger partial charge on any atom is -0.462 e. The Morgan fingerprint density at radius 3 is 2.44 bits per heavy atom. The fourth-order valence-electron chi connectivity index (χ4n) is 3.33. The first-order chi connectivity index (χ1) is 15.3. The number of carbonyl (C=O) groups is 2. The van der Waals surface area contributed by atoms with Crippen LogP contribution in [0.1, 0.15) is 29.8 Å². The Morgan fingerprint density at radius 2 is 1.81 bits per heavy atom. The van der Waals surface area contributed by atoms with Crippen LogP contribution in [0.5, 0.6) is 0 Å². The van der Waals surface area contributed by atoms with E-state index in [1.54, 1.807) is 31.2 Å². The molecule has 1 heterocycles. The summed E-state index contributed by atoms with van der Waals surface area (Å²) >= 11 is 0. The summed E-state index contributed by atoms with van der Waals surface area (Å²) in [4.78, 5) is 39.5. The van der Waals surface area contributed by atoms with Crippen molar-refractivity contribution in [3.8, 4) is 0 Å². The second-order valence-electron chi connectivity index (χ2n) is 7.42. The van der Waals surface area contributed by atoms with E-state index in [0.29, 0.717) is 23.1 Å². The molecule has 3 rings (SSSR count). The van der Waals surface area contributed by atoms with Gasteiger partial charge in [-0.3, -0.25) is 9.59 Å². The lowest BCUT2D eigenvalue weighted by atomic mass is 10.1. The number of fused-ring (bicyclic) bond motifs is 1. The number of pyridine rings is 1. The van der Waals surface area contributed by atoms with Gasteiger partial charge in [-0.2, -0.15) is 0 Å². The number of hydrogen-bond acceptors (Lipinski definition) is 5. The molecule has 7 nitrogen and oxygen atoms in total. The summed E-state index contributed by atoms with van der Waals surface area (Å²) in [6.45, 7) is 4.37. The third-order valence-corrected chi connectivity index (χ3v) is 5.02. The number of amides is 1. The van der Waals surface area contributed by atoms with E-state index in [4.69, 9.17) is 4.74 Å². The highest BCUT2D eigenvalue weighted by Crippen LogP contribution is 2.19. The number of aryl methyl sites for hydroxylation is 1. The zero-order chi connectivity index (χ0) is 23.3. The Bertz CT molecular complexity index is 1220. The van der Waals surface area contributed by atoms with Gasteiger partial charge in [0.25, 0.3) is 0 Å². The standard InChI is InChI=1S/C25H27N3O4/c1-5-28-16-21(25(31)32-6-2)24(30)20-15-18(10-13-22(20)28)26-23(29)14-9-17-7-11-19(12-8-17)27(3)4/h7-16H,5-6H2,1-4H3,(H,26,29)/b14-9+. The van der Waals surface area contributed by atoms with E-state index < -0.39 is 11.4 Å². The molecular formula is C25H27N3O4.